The fourth-order valence-corrected chi connectivity index (χ4v) is 6.29. The topological polar surface area (TPSA) is 12.9 Å². The SMILES string of the molecule is CCc1ccc(-c2cc(C34CC5CC(CC(C5)C3)C4)ccn2)cc1. The molecule has 0 spiro atoms. The standard InChI is InChI=1S/C23H27N/c1-2-16-3-5-20(6-4-16)22-12-21(7-8-24-22)23-13-17-9-18(14-23)11-19(10-17)15-23/h3-8,12,17-19H,2,9-11,13-15H2,1H3. The van der Waals surface area contributed by atoms with Crippen LogP contribution in [0.2, 0.25) is 0 Å². The number of nitrogens with zero attached hydrogens (tertiary/aromatic N) is 1. The van der Waals surface area contributed by atoms with Crippen molar-refractivity contribution in [2.45, 2.75) is 57.3 Å². The minimum absolute atomic E-state index is 0.468. The molecule has 4 aliphatic rings. The molecule has 6 rings (SSSR count). The van der Waals surface area contributed by atoms with Gasteiger partial charge in [0.2, 0.25) is 0 Å². The summed E-state index contributed by atoms with van der Waals surface area (Å²) >= 11 is 0. The summed E-state index contributed by atoms with van der Waals surface area (Å²) in [5.74, 6) is 2.99. The third kappa shape index (κ3) is 2.32. The Bertz CT molecular complexity index is 708. The second kappa shape index (κ2) is 5.44. The molecular weight excluding hydrogens is 290 g/mol. The molecule has 24 heavy (non-hydrogen) atoms. The molecule has 0 N–H and O–H groups in total. The van der Waals surface area contributed by atoms with E-state index in [1.54, 1.807) is 5.56 Å². The van der Waals surface area contributed by atoms with Gasteiger partial charge >= 0.3 is 0 Å². The van der Waals surface area contributed by atoms with Crippen LogP contribution >= 0.6 is 0 Å². The van der Waals surface area contributed by atoms with E-state index in [1.165, 1.54) is 49.7 Å². The maximum absolute atomic E-state index is 4.69. The zero-order valence-electron chi connectivity index (χ0n) is 14.7. The molecule has 4 bridgehead atoms. The first kappa shape index (κ1) is 14.7. The molecule has 1 heterocycles. The second-order valence-electron chi connectivity index (χ2n) is 8.68. The molecular formula is C23H27N. The molecule has 1 nitrogen and oxygen atoms in total. The third-order valence-corrected chi connectivity index (χ3v) is 7.07. The van der Waals surface area contributed by atoms with Gasteiger partial charge in [-0.25, -0.2) is 0 Å². The van der Waals surface area contributed by atoms with Crippen LogP contribution in [0.5, 0.6) is 0 Å². The maximum Gasteiger partial charge on any atom is 0.0704 e. The van der Waals surface area contributed by atoms with E-state index in [4.69, 9.17) is 4.98 Å². The van der Waals surface area contributed by atoms with Crippen LogP contribution in [0, 0.1) is 17.8 Å². The van der Waals surface area contributed by atoms with Crippen molar-refractivity contribution in [3.8, 4) is 11.3 Å². The molecule has 1 heteroatoms. The van der Waals surface area contributed by atoms with Crippen molar-refractivity contribution in [1.82, 2.24) is 4.98 Å². The predicted molar refractivity (Wildman–Crippen MR) is 98.9 cm³/mol. The number of hydrogen-bond donors (Lipinski definition) is 0. The van der Waals surface area contributed by atoms with Crippen LogP contribution in [0.1, 0.15) is 56.6 Å². The van der Waals surface area contributed by atoms with Crippen LogP contribution in [-0.2, 0) is 11.8 Å². The van der Waals surface area contributed by atoms with Crippen molar-refractivity contribution in [2.24, 2.45) is 17.8 Å². The maximum atomic E-state index is 4.69. The highest BCUT2D eigenvalue weighted by Gasteiger charge is 2.51. The third-order valence-electron chi connectivity index (χ3n) is 7.07. The zero-order valence-corrected chi connectivity index (χ0v) is 14.7. The lowest BCUT2D eigenvalue weighted by Gasteiger charge is -2.57. The largest absolute Gasteiger partial charge is 0.256 e. The molecule has 1 aromatic heterocycles. The van der Waals surface area contributed by atoms with Crippen molar-refractivity contribution < 1.29 is 0 Å². The number of benzene rings is 1. The van der Waals surface area contributed by atoms with Gasteiger partial charge in [0, 0.05) is 11.8 Å². The Balaban J connectivity index is 1.51. The predicted octanol–water partition coefficient (Wildman–Crippen LogP) is 5.78. The fraction of sp³-hybridized carbons (Fsp3) is 0.522. The van der Waals surface area contributed by atoms with Crippen LogP contribution in [-0.4, -0.2) is 4.98 Å². The van der Waals surface area contributed by atoms with Gasteiger partial charge in [-0.1, -0.05) is 31.2 Å². The lowest BCUT2D eigenvalue weighted by molar-refractivity contribution is -0.00520. The number of aryl methyl sites for hydroxylation is 1. The number of rotatable bonds is 3. The van der Waals surface area contributed by atoms with E-state index >= 15 is 0 Å². The monoisotopic (exact) mass is 317 g/mol. The minimum Gasteiger partial charge on any atom is -0.256 e. The first-order valence-corrected chi connectivity index (χ1v) is 9.80. The van der Waals surface area contributed by atoms with Gasteiger partial charge < -0.3 is 0 Å². The molecule has 0 amide bonds. The summed E-state index contributed by atoms with van der Waals surface area (Å²) in [4.78, 5) is 4.69. The van der Waals surface area contributed by atoms with E-state index in [0.29, 0.717) is 5.41 Å². The van der Waals surface area contributed by atoms with Gasteiger partial charge in [-0.05, 0) is 91.4 Å². The number of aromatic nitrogens is 1. The van der Waals surface area contributed by atoms with Gasteiger partial charge in [-0.2, -0.15) is 0 Å². The second-order valence-corrected chi connectivity index (χ2v) is 8.68. The van der Waals surface area contributed by atoms with Gasteiger partial charge in [0.15, 0.2) is 0 Å². The fourth-order valence-electron chi connectivity index (χ4n) is 6.29. The van der Waals surface area contributed by atoms with Crippen molar-refractivity contribution in [3.63, 3.8) is 0 Å². The normalized spacial score (nSPS) is 33.8. The first-order valence-electron chi connectivity index (χ1n) is 9.80. The van der Waals surface area contributed by atoms with Crippen LogP contribution in [0.4, 0.5) is 0 Å². The summed E-state index contributed by atoms with van der Waals surface area (Å²) < 4.78 is 0. The summed E-state index contributed by atoms with van der Waals surface area (Å²) in [5.41, 5.74) is 5.86. The van der Waals surface area contributed by atoms with Gasteiger partial charge in [0.05, 0.1) is 5.69 Å². The van der Waals surface area contributed by atoms with Gasteiger partial charge in [0.25, 0.3) is 0 Å². The highest BCUT2D eigenvalue weighted by Crippen LogP contribution is 2.60. The Morgan fingerprint density at radius 2 is 1.54 bits per heavy atom. The molecule has 2 aromatic rings. The molecule has 0 radical (unpaired) electrons. The highest BCUT2D eigenvalue weighted by atomic mass is 14.7. The Morgan fingerprint density at radius 3 is 2.12 bits per heavy atom. The summed E-state index contributed by atoms with van der Waals surface area (Å²) in [6, 6.07) is 13.7. The van der Waals surface area contributed by atoms with E-state index in [-0.39, 0.29) is 0 Å². The van der Waals surface area contributed by atoms with Crippen molar-refractivity contribution >= 4 is 0 Å². The summed E-state index contributed by atoms with van der Waals surface area (Å²) in [5, 5.41) is 0. The van der Waals surface area contributed by atoms with Crippen LogP contribution in [0.25, 0.3) is 11.3 Å². The highest BCUT2D eigenvalue weighted by molar-refractivity contribution is 5.60. The van der Waals surface area contributed by atoms with E-state index < -0.39 is 0 Å². The van der Waals surface area contributed by atoms with E-state index in [0.717, 1.165) is 29.9 Å². The van der Waals surface area contributed by atoms with Gasteiger partial charge in [-0.15, -0.1) is 0 Å². The quantitative estimate of drug-likeness (QED) is 0.699. The van der Waals surface area contributed by atoms with Gasteiger partial charge in [-0.3, -0.25) is 4.98 Å². The van der Waals surface area contributed by atoms with E-state index in [9.17, 15) is 0 Å². The Hall–Kier alpha value is -1.63. The molecule has 4 fully saturated rings. The van der Waals surface area contributed by atoms with Crippen molar-refractivity contribution in [2.75, 3.05) is 0 Å². The summed E-state index contributed by atoms with van der Waals surface area (Å²) in [6.07, 6.45) is 12.0. The zero-order chi connectivity index (χ0) is 16.1. The number of pyridine rings is 1. The first-order chi connectivity index (χ1) is 11.7. The van der Waals surface area contributed by atoms with E-state index in [1.807, 2.05) is 0 Å². The summed E-state index contributed by atoms with van der Waals surface area (Å²) in [6.45, 7) is 2.21. The molecule has 124 valence electrons. The molecule has 0 unspecified atom stereocenters. The average molecular weight is 317 g/mol. The van der Waals surface area contributed by atoms with Crippen LogP contribution in [0.3, 0.4) is 0 Å². The smallest absolute Gasteiger partial charge is 0.0704 e. The minimum atomic E-state index is 0.468. The Morgan fingerprint density at radius 1 is 0.917 bits per heavy atom. The van der Waals surface area contributed by atoms with Crippen molar-refractivity contribution in [1.29, 1.82) is 0 Å². The molecule has 0 aliphatic heterocycles. The molecule has 0 atom stereocenters. The Labute approximate surface area is 145 Å². The number of hydrogen-bond acceptors (Lipinski definition) is 1. The van der Waals surface area contributed by atoms with Crippen molar-refractivity contribution in [3.05, 3.63) is 53.7 Å². The Kier molecular flexibility index (Phi) is 3.33. The summed E-state index contributed by atoms with van der Waals surface area (Å²) in [7, 11) is 0. The molecule has 4 saturated carbocycles. The lowest BCUT2D eigenvalue weighted by atomic mass is 9.48. The van der Waals surface area contributed by atoms with Crippen LogP contribution < -0.4 is 0 Å². The van der Waals surface area contributed by atoms with Crippen LogP contribution in [0.15, 0.2) is 42.6 Å². The molecule has 1 aromatic carbocycles. The van der Waals surface area contributed by atoms with E-state index in [2.05, 4.69) is 49.5 Å². The molecule has 0 saturated heterocycles. The lowest BCUT2D eigenvalue weighted by Crippen LogP contribution is -2.48. The average Bonchev–Trinajstić information content (AvgIpc) is 2.61. The van der Waals surface area contributed by atoms with Gasteiger partial charge in [0.1, 0.15) is 0 Å². The molecule has 4 aliphatic carbocycles.